The zero-order valence-corrected chi connectivity index (χ0v) is 17.8. The van der Waals surface area contributed by atoms with Crippen LogP contribution >= 0.6 is 15.9 Å². The van der Waals surface area contributed by atoms with Gasteiger partial charge in [0.2, 0.25) is 5.95 Å². The van der Waals surface area contributed by atoms with Crippen molar-refractivity contribution in [3.8, 4) is 0 Å². The zero-order valence-electron chi connectivity index (χ0n) is 16.2. The van der Waals surface area contributed by atoms with Crippen LogP contribution in [0, 0.1) is 24.4 Å². The van der Waals surface area contributed by atoms with E-state index in [0.717, 1.165) is 0 Å². The lowest BCUT2D eigenvalue weighted by atomic mass is 10.1. The Bertz CT molecular complexity index is 1370. The first-order valence-corrected chi connectivity index (χ1v) is 9.93. The Morgan fingerprint density at radius 1 is 1.16 bits per heavy atom. The molecule has 0 aliphatic rings. The van der Waals surface area contributed by atoms with E-state index in [-0.39, 0.29) is 17.9 Å². The minimum absolute atomic E-state index is 0.0331. The normalized spacial score (nSPS) is 11.2. The maximum atomic E-state index is 14.7. The highest BCUT2D eigenvalue weighted by Crippen LogP contribution is 2.34. The van der Waals surface area contributed by atoms with Crippen molar-refractivity contribution in [2.45, 2.75) is 20.3 Å². The van der Waals surface area contributed by atoms with Crippen LogP contribution in [0.2, 0.25) is 0 Å². The van der Waals surface area contributed by atoms with Gasteiger partial charge in [-0.3, -0.25) is 4.98 Å². The molecule has 0 fully saturated rings. The van der Waals surface area contributed by atoms with E-state index in [1.807, 2.05) is 0 Å². The molecule has 0 saturated heterocycles. The number of nitrogens with zero attached hydrogens (tertiary/aromatic N) is 2. The van der Waals surface area contributed by atoms with Crippen molar-refractivity contribution in [2.24, 2.45) is 0 Å². The van der Waals surface area contributed by atoms with E-state index in [2.05, 4.69) is 41.5 Å². The molecule has 0 amide bonds. The molecule has 0 atom stereocenters. The first-order valence-electron chi connectivity index (χ1n) is 9.13. The van der Waals surface area contributed by atoms with Gasteiger partial charge in [0.1, 0.15) is 17.3 Å². The zero-order chi connectivity index (χ0) is 22.3. The average Bonchev–Trinajstić information content (AvgIpc) is 3.11. The Hall–Kier alpha value is -3.34. The number of aryl methyl sites for hydroxylation is 1. The van der Waals surface area contributed by atoms with Crippen molar-refractivity contribution < 1.29 is 17.6 Å². The van der Waals surface area contributed by atoms with Gasteiger partial charge in [-0.2, -0.15) is 4.98 Å². The van der Waals surface area contributed by atoms with Gasteiger partial charge in [0.05, 0.1) is 9.99 Å². The van der Waals surface area contributed by atoms with Crippen molar-refractivity contribution in [3.05, 3.63) is 68.0 Å². The van der Waals surface area contributed by atoms with E-state index in [0.29, 0.717) is 28.2 Å². The number of halogens is 4. The molecule has 160 valence electrons. The smallest absolute Gasteiger partial charge is 0.408 e. The molecule has 2 aromatic carbocycles. The van der Waals surface area contributed by atoms with Crippen LogP contribution in [0.3, 0.4) is 0 Å². The summed E-state index contributed by atoms with van der Waals surface area (Å²) in [5, 5.41) is 5.56. The number of aromatic amines is 1. The minimum atomic E-state index is -1.12. The van der Waals surface area contributed by atoms with Crippen LogP contribution in [0.5, 0.6) is 0 Å². The number of fused-ring (bicyclic) bond motifs is 1. The number of hydrogen-bond donors (Lipinski definition) is 3. The van der Waals surface area contributed by atoms with Crippen LogP contribution in [0.25, 0.3) is 11.1 Å². The van der Waals surface area contributed by atoms with E-state index in [1.165, 1.54) is 6.20 Å². The predicted molar refractivity (Wildman–Crippen MR) is 114 cm³/mol. The van der Waals surface area contributed by atoms with Crippen LogP contribution < -0.4 is 16.4 Å². The lowest BCUT2D eigenvalue weighted by molar-refractivity contribution is 0.523. The molecule has 0 aliphatic heterocycles. The van der Waals surface area contributed by atoms with E-state index in [4.69, 9.17) is 4.42 Å². The highest BCUT2D eigenvalue weighted by Gasteiger charge is 2.23. The first kappa shape index (κ1) is 20.9. The summed E-state index contributed by atoms with van der Waals surface area (Å²) < 4.78 is 47.8. The Morgan fingerprint density at radius 2 is 1.94 bits per heavy atom. The summed E-state index contributed by atoms with van der Waals surface area (Å²) in [4.78, 5) is 22.2. The summed E-state index contributed by atoms with van der Waals surface area (Å²) >= 11 is 2.82. The fourth-order valence-electron chi connectivity index (χ4n) is 3.01. The van der Waals surface area contributed by atoms with E-state index >= 15 is 0 Å². The second-order valence-corrected chi connectivity index (χ2v) is 7.46. The van der Waals surface area contributed by atoms with Gasteiger partial charge in [0.25, 0.3) is 0 Å². The number of benzene rings is 2. The van der Waals surface area contributed by atoms with Gasteiger partial charge in [0.15, 0.2) is 17.2 Å². The molecule has 7 nitrogen and oxygen atoms in total. The summed E-state index contributed by atoms with van der Waals surface area (Å²) in [6.45, 7) is 3.30. The molecule has 0 spiro atoms. The quantitative estimate of drug-likeness (QED) is 0.252. The van der Waals surface area contributed by atoms with Gasteiger partial charge in [-0.1, -0.05) is 6.92 Å². The third-order valence-electron chi connectivity index (χ3n) is 4.60. The second kappa shape index (κ2) is 8.06. The summed E-state index contributed by atoms with van der Waals surface area (Å²) in [5.74, 6) is -3.46. The number of nitrogens with one attached hydrogen (secondary N) is 3. The predicted octanol–water partition coefficient (Wildman–Crippen LogP) is 5.45. The van der Waals surface area contributed by atoms with Crippen molar-refractivity contribution in [2.75, 3.05) is 10.6 Å². The van der Waals surface area contributed by atoms with Crippen LogP contribution in [-0.2, 0) is 6.42 Å². The number of rotatable bonds is 5. The van der Waals surface area contributed by atoms with Gasteiger partial charge in [0, 0.05) is 23.0 Å². The molecule has 0 bridgehead atoms. The summed E-state index contributed by atoms with van der Waals surface area (Å²) in [5.41, 5.74) is 1.32. The third-order valence-corrected chi connectivity index (χ3v) is 5.29. The molecule has 11 heteroatoms. The molecule has 3 N–H and O–H groups in total. The molecular weight excluding hydrogens is 479 g/mol. The van der Waals surface area contributed by atoms with Gasteiger partial charge >= 0.3 is 5.76 Å². The molecule has 0 unspecified atom stereocenters. The SMILES string of the molecule is CCc1c(F)c(Br)c(F)c(Nc2ncc(C)c(Nc3ccc4oc(=O)[nH]c4c3)n2)c1F. The van der Waals surface area contributed by atoms with Crippen molar-refractivity contribution in [1.29, 1.82) is 0 Å². The maximum absolute atomic E-state index is 14.7. The Balaban J connectivity index is 1.68. The topological polar surface area (TPSA) is 95.8 Å². The summed E-state index contributed by atoms with van der Waals surface area (Å²) in [6, 6.07) is 4.94. The van der Waals surface area contributed by atoms with Crippen LogP contribution in [0.1, 0.15) is 18.1 Å². The molecule has 31 heavy (non-hydrogen) atoms. The third kappa shape index (κ3) is 3.88. The fraction of sp³-hybridized carbons (Fsp3) is 0.150. The Kier molecular flexibility index (Phi) is 5.44. The van der Waals surface area contributed by atoms with Crippen molar-refractivity contribution >= 4 is 50.2 Å². The fourth-order valence-corrected chi connectivity index (χ4v) is 3.45. The maximum Gasteiger partial charge on any atom is 0.417 e. The number of anilines is 4. The molecular formula is C20H15BrF3N5O2. The number of aromatic nitrogens is 3. The van der Waals surface area contributed by atoms with E-state index in [1.54, 1.807) is 32.0 Å². The van der Waals surface area contributed by atoms with Crippen LogP contribution in [-0.4, -0.2) is 15.0 Å². The van der Waals surface area contributed by atoms with Crippen molar-refractivity contribution in [3.63, 3.8) is 0 Å². The average molecular weight is 494 g/mol. The van der Waals surface area contributed by atoms with Gasteiger partial charge in [-0.25, -0.2) is 22.9 Å². The van der Waals surface area contributed by atoms with Crippen molar-refractivity contribution in [1.82, 2.24) is 15.0 Å². The number of H-pyrrole nitrogens is 1. The van der Waals surface area contributed by atoms with Crippen LogP contribution in [0.15, 0.2) is 38.1 Å². The molecule has 2 aromatic heterocycles. The molecule has 4 rings (SSSR count). The van der Waals surface area contributed by atoms with E-state index in [9.17, 15) is 18.0 Å². The molecule has 2 heterocycles. The Labute approximate surface area is 181 Å². The molecule has 4 aromatic rings. The molecule has 0 radical (unpaired) electrons. The van der Waals surface area contributed by atoms with Gasteiger partial charge in [-0.15, -0.1) is 0 Å². The lowest BCUT2D eigenvalue weighted by Gasteiger charge is -2.14. The number of oxazole rings is 1. The highest BCUT2D eigenvalue weighted by atomic mass is 79.9. The minimum Gasteiger partial charge on any atom is -0.408 e. The van der Waals surface area contributed by atoms with Crippen LogP contribution in [0.4, 0.5) is 36.3 Å². The van der Waals surface area contributed by atoms with Gasteiger partial charge < -0.3 is 15.1 Å². The summed E-state index contributed by atoms with van der Waals surface area (Å²) in [6.07, 6.45) is 1.50. The number of hydrogen-bond acceptors (Lipinski definition) is 6. The lowest BCUT2D eigenvalue weighted by Crippen LogP contribution is -2.08. The van der Waals surface area contributed by atoms with Gasteiger partial charge in [-0.05, 0) is 47.5 Å². The molecule has 0 saturated carbocycles. The highest BCUT2D eigenvalue weighted by molar-refractivity contribution is 9.10. The monoisotopic (exact) mass is 493 g/mol. The Morgan fingerprint density at radius 3 is 2.68 bits per heavy atom. The molecule has 0 aliphatic carbocycles. The first-order chi connectivity index (χ1) is 14.8. The summed E-state index contributed by atoms with van der Waals surface area (Å²) in [7, 11) is 0. The van der Waals surface area contributed by atoms with E-state index < -0.39 is 33.4 Å². The standard InChI is InChI=1S/C20H15BrF3N5O2/c1-3-10-14(22)13(21)16(24)17(15(10)23)28-19-25-7-8(2)18(29-19)26-9-4-5-12-11(6-9)27-20(30)31-12/h4-7H,3H2,1-2H3,(H,27,30)(H2,25,26,28,29). The second-order valence-electron chi connectivity index (χ2n) is 6.66. The largest absolute Gasteiger partial charge is 0.417 e.